The fraction of sp³-hybridized carbons (Fsp3) is 0.500. The molecule has 5 heteroatoms. The van der Waals surface area contributed by atoms with E-state index < -0.39 is 0 Å². The van der Waals surface area contributed by atoms with Crippen LogP contribution in [0.5, 0.6) is 0 Å². The van der Waals surface area contributed by atoms with E-state index in [1.807, 2.05) is 18.2 Å². The van der Waals surface area contributed by atoms with Crippen LogP contribution in [0.15, 0.2) is 22.7 Å². The number of aliphatic hydroxyl groups is 1. The highest BCUT2D eigenvalue weighted by molar-refractivity contribution is 9.10. The number of benzene rings is 1. The van der Waals surface area contributed by atoms with Crippen molar-refractivity contribution in [2.45, 2.75) is 12.6 Å². The Hall–Kier alpha value is -0.620. The van der Waals surface area contributed by atoms with Gasteiger partial charge in [-0.15, -0.1) is 0 Å². The number of aliphatic hydroxyl groups excluding tert-OH is 1. The average Bonchev–Trinajstić information content (AvgIpc) is 2.34. The van der Waals surface area contributed by atoms with Gasteiger partial charge in [-0.05, 0) is 33.6 Å². The Bertz CT molecular complexity index is 387. The Kier molecular flexibility index (Phi) is 4.39. The van der Waals surface area contributed by atoms with Crippen LogP contribution in [-0.2, 0) is 11.3 Å². The van der Waals surface area contributed by atoms with Gasteiger partial charge in [0.25, 0.3) is 0 Å². The Morgan fingerprint density at radius 3 is 3.06 bits per heavy atom. The maximum atomic E-state index is 9.28. The number of halogens is 1. The maximum Gasteiger partial charge on any atom is 0.0644 e. The van der Waals surface area contributed by atoms with E-state index >= 15 is 0 Å². The van der Waals surface area contributed by atoms with Gasteiger partial charge in [0.15, 0.2) is 0 Å². The van der Waals surface area contributed by atoms with Crippen LogP contribution < -0.4 is 5.73 Å². The van der Waals surface area contributed by atoms with E-state index in [0.717, 1.165) is 35.4 Å². The van der Waals surface area contributed by atoms with Crippen molar-refractivity contribution in [3.63, 3.8) is 0 Å². The van der Waals surface area contributed by atoms with Crippen LogP contribution in [0.3, 0.4) is 0 Å². The molecule has 4 nitrogen and oxygen atoms in total. The van der Waals surface area contributed by atoms with Crippen molar-refractivity contribution >= 4 is 21.6 Å². The van der Waals surface area contributed by atoms with E-state index in [1.165, 1.54) is 0 Å². The van der Waals surface area contributed by atoms with Gasteiger partial charge in [0.1, 0.15) is 0 Å². The lowest BCUT2D eigenvalue weighted by atomic mass is 10.1. The van der Waals surface area contributed by atoms with Crippen LogP contribution in [-0.4, -0.2) is 42.4 Å². The molecule has 3 N–H and O–H groups in total. The molecule has 1 atom stereocenters. The number of nitrogen functional groups attached to an aromatic ring is 1. The van der Waals surface area contributed by atoms with Crippen LogP contribution in [0.1, 0.15) is 5.56 Å². The number of nitrogens with two attached hydrogens (primary N) is 1. The van der Waals surface area contributed by atoms with E-state index in [-0.39, 0.29) is 12.6 Å². The largest absolute Gasteiger partial charge is 0.398 e. The van der Waals surface area contributed by atoms with Gasteiger partial charge in [-0.2, -0.15) is 0 Å². The van der Waals surface area contributed by atoms with E-state index in [4.69, 9.17) is 10.5 Å². The highest BCUT2D eigenvalue weighted by Crippen LogP contribution is 2.22. The minimum atomic E-state index is 0.0913. The Morgan fingerprint density at radius 1 is 1.53 bits per heavy atom. The zero-order valence-electron chi connectivity index (χ0n) is 9.60. The molecule has 0 saturated carbocycles. The molecule has 2 rings (SSSR count). The first-order chi connectivity index (χ1) is 8.20. The van der Waals surface area contributed by atoms with Crippen molar-refractivity contribution in [1.82, 2.24) is 4.90 Å². The molecule has 1 aliphatic heterocycles. The van der Waals surface area contributed by atoms with Gasteiger partial charge >= 0.3 is 0 Å². The molecule has 1 aliphatic rings. The summed E-state index contributed by atoms with van der Waals surface area (Å²) >= 11 is 3.38. The van der Waals surface area contributed by atoms with Gasteiger partial charge < -0.3 is 15.6 Å². The first-order valence-electron chi connectivity index (χ1n) is 5.67. The zero-order chi connectivity index (χ0) is 12.3. The summed E-state index contributed by atoms with van der Waals surface area (Å²) < 4.78 is 6.27. The van der Waals surface area contributed by atoms with Crippen molar-refractivity contribution in [2.24, 2.45) is 0 Å². The smallest absolute Gasteiger partial charge is 0.0644 e. The first kappa shape index (κ1) is 12.8. The molecule has 0 amide bonds. The zero-order valence-corrected chi connectivity index (χ0v) is 11.2. The van der Waals surface area contributed by atoms with Gasteiger partial charge in [0, 0.05) is 23.2 Å². The number of ether oxygens (including phenoxy) is 1. The molecule has 0 spiro atoms. The third-order valence-corrected chi connectivity index (χ3v) is 3.73. The van der Waals surface area contributed by atoms with Gasteiger partial charge in [-0.25, -0.2) is 0 Å². The lowest BCUT2D eigenvalue weighted by Crippen LogP contribution is -2.46. The fourth-order valence-electron chi connectivity index (χ4n) is 1.99. The van der Waals surface area contributed by atoms with E-state index in [0.29, 0.717) is 6.61 Å². The predicted molar refractivity (Wildman–Crippen MR) is 70.7 cm³/mol. The summed E-state index contributed by atoms with van der Waals surface area (Å²) in [6.07, 6.45) is 0. The molecule has 94 valence electrons. The molecular weight excluding hydrogens is 284 g/mol. The summed E-state index contributed by atoms with van der Waals surface area (Å²) in [4.78, 5) is 2.23. The van der Waals surface area contributed by atoms with Gasteiger partial charge in [0.2, 0.25) is 0 Å². The molecular formula is C12H17BrN2O2. The van der Waals surface area contributed by atoms with Crippen LogP contribution >= 0.6 is 15.9 Å². The topological polar surface area (TPSA) is 58.7 Å². The standard InChI is InChI=1S/C12H17BrN2O2/c13-11-2-1-9(5-12(11)14)6-15-3-4-17-8-10(15)7-16/h1-2,5,10,16H,3-4,6-8,14H2. The second kappa shape index (κ2) is 5.82. The molecule has 0 aromatic heterocycles. The molecule has 0 aliphatic carbocycles. The molecule has 1 aromatic carbocycles. The average molecular weight is 301 g/mol. The van der Waals surface area contributed by atoms with E-state index in [2.05, 4.69) is 20.8 Å². The van der Waals surface area contributed by atoms with Crippen LogP contribution in [0.25, 0.3) is 0 Å². The summed E-state index contributed by atoms with van der Waals surface area (Å²) in [6, 6.07) is 6.06. The van der Waals surface area contributed by atoms with Crippen molar-refractivity contribution in [2.75, 3.05) is 32.1 Å². The van der Waals surface area contributed by atoms with Gasteiger partial charge in [-0.3, -0.25) is 4.90 Å². The quantitative estimate of drug-likeness (QED) is 0.824. The number of hydrogen-bond acceptors (Lipinski definition) is 4. The molecule has 1 aromatic rings. The van der Waals surface area contributed by atoms with Crippen LogP contribution in [0, 0.1) is 0 Å². The number of hydrogen-bond donors (Lipinski definition) is 2. The second-order valence-electron chi connectivity index (χ2n) is 4.24. The van der Waals surface area contributed by atoms with Crippen molar-refractivity contribution < 1.29 is 9.84 Å². The molecule has 1 unspecified atom stereocenters. The SMILES string of the molecule is Nc1cc(CN2CCOCC2CO)ccc1Br. The molecule has 17 heavy (non-hydrogen) atoms. The monoisotopic (exact) mass is 300 g/mol. The minimum Gasteiger partial charge on any atom is -0.398 e. The molecule has 0 radical (unpaired) electrons. The third-order valence-electron chi connectivity index (χ3n) is 3.01. The molecule has 0 bridgehead atoms. The molecule has 1 saturated heterocycles. The Morgan fingerprint density at radius 2 is 2.35 bits per heavy atom. The lowest BCUT2D eigenvalue weighted by molar-refractivity contribution is -0.0312. The summed E-state index contributed by atoms with van der Waals surface area (Å²) in [7, 11) is 0. The van der Waals surface area contributed by atoms with Crippen molar-refractivity contribution in [1.29, 1.82) is 0 Å². The third kappa shape index (κ3) is 3.19. The molecule has 1 heterocycles. The van der Waals surface area contributed by atoms with Crippen molar-refractivity contribution in [3.05, 3.63) is 28.2 Å². The normalized spacial score (nSPS) is 21.6. The number of anilines is 1. The Balaban J connectivity index is 2.05. The highest BCUT2D eigenvalue weighted by atomic mass is 79.9. The summed E-state index contributed by atoms with van der Waals surface area (Å²) in [6.45, 7) is 3.10. The summed E-state index contributed by atoms with van der Waals surface area (Å²) in [5.74, 6) is 0. The minimum absolute atomic E-state index is 0.0913. The van der Waals surface area contributed by atoms with Gasteiger partial charge in [0.05, 0.1) is 25.9 Å². The summed E-state index contributed by atoms with van der Waals surface area (Å²) in [5.41, 5.74) is 7.76. The van der Waals surface area contributed by atoms with Crippen molar-refractivity contribution in [3.8, 4) is 0 Å². The highest BCUT2D eigenvalue weighted by Gasteiger charge is 2.22. The van der Waals surface area contributed by atoms with E-state index in [9.17, 15) is 5.11 Å². The molecule has 1 fully saturated rings. The number of morpholine rings is 1. The lowest BCUT2D eigenvalue weighted by Gasteiger charge is -2.34. The first-order valence-corrected chi connectivity index (χ1v) is 6.46. The predicted octanol–water partition coefficient (Wildman–Crippen LogP) is 1.22. The number of nitrogens with zero attached hydrogens (tertiary/aromatic N) is 1. The maximum absolute atomic E-state index is 9.28. The van der Waals surface area contributed by atoms with Crippen LogP contribution in [0.2, 0.25) is 0 Å². The summed E-state index contributed by atoms with van der Waals surface area (Å²) in [5, 5.41) is 9.28. The van der Waals surface area contributed by atoms with Crippen LogP contribution in [0.4, 0.5) is 5.69 Å². The number of rotatable bonds is 3. The van der Waals surface area contributed by atoms with E-state index in [1.54, 1.807) is 0 Å². The Labute approximate surface area is 109 Å². The second-order valence-corrected chi connectivity index (χ2v) is 5.09. The fourth-order valence-corrected chi connectivity index (χ4v) is 2.24. The van der Waals surface area contributed by atoms with Gasteiger partial charge in [-0.1, -0.05) is 6.07 Å².